The lowest BCUT2D eigenvalue weighted by Gasteiger charge is -2.08. The van der Waals surface area contributed by atoms with Crippen molar-refractivity contribution in [2.24, 2.45) is 0 Å². The predicted molar refractivity (Wildman–Crippen MR) is 84.1 cm³/mol. The van der Waals surface area contributed by atoms with Gasteiger partial charge in [0.05, 0.1) is 6.26 Å². The Hall–Kier alpha value is -2.07. The number of rotatable bonds is 8. The van der Waals surface area contributed by atoms with Gasteiger partial charge in [-0.25, -0.2) is 0 Å². The van der Waals surface area contributed by atoms with Gasteiger partial charge in [-0.1, -0.05) is 19.1 Å². The van der Waals surface area contributed by atoms with Gasteiger partial charge in [-0.2, -0.15) is 0 Å². The minimum absolute atomic E-state index is 0.00469. The highest BCUT2D eigenvalue weighted by atomic mass is 16.3. The molecule has 0 fully saturated rings. The molecule has 21 heavy (non-hydrogen) atoms. The normalized spacial score (nSPS) is 10.5. The molecule has 0 spiro atoms. The van der Waals surface area contributed by atoms with E-state index in [9.17, 15) is 4.79 Å². The summed E-state index contributed by atoms with van der Waals surface area (Å²) < 4.78 is 5.22. The quantitative estimate of drug-likeness (QED) is 0.732. The van der Waals surface area contributed by atoms with Crippen molar-refractivity contribution in [3.8, 4) is 0 Å². The second kappa shape index (κ2) is 8.27. The van der Waals surface area contributed by atoms with Crippen LogP contribution in [0.5, 0.6) is 0 Å². The zero-order chi connectivity index (χ0) is 14.9. The van der Waals surface area contributed by atoms with Crippen LogP contribution in [0.25, 0.3) is 0 Å². The molecule has 0 aliphatic heterocycles. The van der Waals surface area contributed by atoms with Gasteiger partial charge < -0.3 is 15.1 Å². The number of hydrogen-bond donors (Lipinski definition) is 2. The predicted octanol–water partition coefficient (Wildman–Crippen LogP) is 3.35. The van der Waals surface area contributed by atoms with Gasteiger partial charge >= 0.3 is 0 Å². The molecule has 2 N–H and O–H groups in total. The Morgan fingerprint density at radius 2 is 2.14 bits per heavy atom. The van der Waals surface area contributed by atoms with Crippen LogP contribution in [-0.2, 0) is 17.8 Å². The minimum atomic E-state index is 0.00469. The van der Waals surface area contributed by atoms with Gasteiger partial charge in [-0.05, 0) is 42.8 Å². The monoisotopic (exact) mass is 286 g/mol. The Morgan fingerprint density at radius 1 is 1.24 bits per heavy atom. The molecule has 0 saturated heterocycles. The zero-order valence-electron chi connectivity index (χ0n) is 12.4. The summed E-state index contributed by atoms with van der Waals surface area (Å²) in [6.45, 7) is 3.96. The average Bonchev–Trinajstić information content (AvgIpc) is 2.99. The fourth-order valence-corrected chi connectivity index (χ4v) is 2.08. The SMILES string of the molecule is CCCNCc1cccc(NC(=O)CCc2ccco2)c1. The number of amides is 1. The van der Waals surface area contributed by atoms with Crippen LogP contribution < -0.4 is 10.6 Å². The molecule has 2 aromatic rings. The number of carbonyl (C=O) groups is 1. The van der Waals surface area contributed by atoms with E-state index < -0.39 is 0 Å². The molecule has 0 aliphatic rings. The molecule has 0 aliphatic carbocycles. The van der Waals surface area contributed by atoms with Crippen LogP contribution in [0.4, 0.5) is 5.69 Å². The van der Waals surface area contributed by atoms with E-state index in [4.69, 9.17) is 4.42 Å². The van der Waals surface area contributed by atoms with E-state index in [1.54, 1.807) is 6.26 Å². The highest BCUT2D eigenvalue weighted by molar-refractivity contribution is 5.90. The number of aryl methyl sites for hydroxylation is 1. The number of anilines is 1. The largest absolute Gasteiger partial charge is 0.469 e. The van der Waals surface area contributed by atoms with E-state index in [1.807, 2.05) is 30.3 Å². The summed E-state index contributed by atoms with van der Waals surface area (Å²) in [6.07, 6.45) is 3.78. The maximum Gasteiger partial charge on any atom is 0.224 e. The van der Waals surface area contributed by atoms with Crippen molar-refractivity contribution in [2.45, 2.75) is 32.7 Å². The number of nitrogens with one attached hydrogen (secondary N) is 2. The van der Waals surface area contributed by atoms with Crippen LogP contribution in [0.3, 0.4) is 0 Å². The molecule has 1 aromatic heterocycles. The topological polar surface area (TPSA) is 54.3 Å². The molecule has 0 radical (unpaired) electrons. The molecule has 1 amide bonds. The maximum atomic E-state index is 11.9. The van der Waals surface area contributed by atoms with Crippen molar-refractivity contribution < 1.29 is 9.21 Å². The summed E-state index contributed by atoms with van der Waals surface area (Å²) in [5.41, 5.74) is 2.02. The zero-order valence-corrected chi connectivity index (χ0v) is 12.4. The van der Waals surface area contributed by atoms with E-state index in [-0.39, 0.29) is 5.91 Å². The first-order chi connectivity index (χ1) is 10.3. The van der Waals surface area contributed by atoms with Gasteiger partial charge in [0.25, 0.3) is 0 Å². The van der Waals surface area contributed by atoms with Gasteiger partial charge in [0, 0.05) is 25.1 Å². The molecule has 0 atom stereocenters. The maximum absolute atomic E-state index is 11.9. The molecule has 4 heteroatoms. The van der Waals surface area contributed by atoms with Crippen molar-refractivity contribution in [3.05, 3.63) is 54.0 Å². The molecular weight excluding hydrogens is 264 g/mol. The fraction of sp³-hybridized carbons (Fsp3) is 0.353. The first kappa shape index (κ1) is 15.3. The summed E-state index contributed by atoms with van der Waals surface area (Å²) in [4.78, 5) is 11.9. The minimum Gasteiger partial charge on any atom is -0.469 e. The Morgan fingerprint density at radius 3 is 2.90 bits per heavy atom. The van der Waals surface area contributed by atoms with Crippen LogP contribution in [0.1, 0.15) is 31.1 Å². The Kier molecular flexibility index (Phi) is 6.03. The summed E-state index contributed by atoms with van der Waals surface area (Å²) in [6, 6.07) is 11.7. The smallest absolute Gasteiger partial charge is 0.224 e. The standard InChI is InChI=1S/C17H22N2O2/c1-2-10-18-13-14-5-3-6-15(12-14)19-17(20)9-8-16-7-4-11-21-16/h3-7,11-12,18H,2,8-10,13H2,1H3,(H,19,20). The van der Waals surface area contributed by atoms with E-state index in [0.717, 1.165) is 31.0 Å². The molecule has 1 heterocycles. The third-order valence-electron chi connectivity index (χ3n) is 3.15. The van der Waals surface area contributed by atoms with Crippen molar-refractivity contribution in [3.63, 3.8) is 0 Å². The van der Waals surface area contributed by atoms with E-state index in [0.29, 0.717) is 12.8 Å². The molecule has 2 rings (SSSR count). The van der Waals surface area contributed by atoms with E-state index in [1.165, 1.54) is 5.56 Å². The first-order valence-electron chi connectivity index (χ1n) is 7.40. The van der Waals surface area contributed by atoms with Crippen LogP contribution in [0, 0.1) is 0 Å². The summed E-state index contributed by atoms with van der Waals surface area (Å²) >= 11 is 0. The molecule has 0 bridgehead atoms. The van der Waals surface area contributed by atoms with Crippen LogP contribution >= 0.6 is 0 Å². The van der Waals surface area contributed by atoms with Crippen molar-refractivity contribution in [1.82, 2.24) is 5.32 Å². The molecular formula is C17H22N2O2. The highest BCUT2D eigenvalue weighted by Crippen LogP contribution is 2.12. The fourth-order valence-electron chi connectivity index (χ4n) is 2.08. The Bertz CT molecular complexity index is 550. The Balaban J connectivity index is 1.81. The average molecular weight is 286 g/mol. The number of benzene rings is 1. The second-order valence-corrected chi connectivity index (χ2v) is 5.00. The lowest BCUT2D eigenvalue weighted by atomic mass is 10.2. The lowest BCUT2D eigenvalue weighted by molar-refractivity contribution is -0.116. The van der Waals surface area contributed by atoms with Crippen LogP contribution in [-0.4, -0.2) is 12.5 Å². The van der Waals surface area contributed by atoms with Gasteiger partial charge in [0.15, 0.2) is 0 Å². The third-order valence-corrected chi connectivity index (χ3v) is 3.15. The molecule has 0 unspecified atom stereocenters. The number of carbonyl (C=O) groups excluding carboxylic acids is 1. The van der Waals surface area contributed by atoms with Crippen LogP contribution in [0.15, 0.2) is 47.1 Å². The summed E-state index contributed by atoms with van der Waals surface area (Å²) in [5.74, 6) is 0.840. The summed E-state index contributed by atoms with van der Waals surface area (Å²) in [7, 11) is 0. The van der Waals surface area contributed by atoms with Gasteiger partial charge in [-0.15, -0.1) is 0 Å². The van der Waals surface area contributed by atoms with Crippen LogP contribution in [0.2, 0.25) is 0 Å². The number of furan rings is 1. The van der Waals surface area contributed by atoms with Gasteiger partial charge in [0.1, 0.15) is 5.76 Å². The Labute approximate surface area is 125 Å². The van der Waals surface area contributed by atoms with Gasteiger partial charge in [0.2, 0.25) is 5.91 Å². The molecule has 0 saturated carbocycles. The van der Waals surface area contributed by atoms with Gasteiger partial charge in [-0.3, -0.25) is 4.79 Å². The van der Waals surface area contributed by atoms with E-state index >= 15 is 0 Å². The van der Waals surface area contributed by atoms with Crippen molar-refractivity contribution >= 4 is 11.6 Å². The molecule has 4 nitrogen and oxygen atoms in total. The third kappa shape index (κ3) is 5.44. The highest BCUT2D eigenvalue weighted by Gasteiger charge is 2.05. The molecule has 112 valence electrons. The van der Waals surface area contributed by atoms with Crippen molar-refractivity contribution in [2.75, 3.05) is 11.9 Å². The first-order valence-corrected chi connectivity index (χ1v) is 7.40. The van der Waals surface area contributed by atoms with Crippen molar-refractivity contribution in [1.29, 1.82) is 0 Å². The van der Waals surface area contributed by atoms with E-state index in [2.05, 4.69) is 23.6 Å². The molecule has 1 aromatic carbocycles. The summed E-state index contributed by atoms with van der Waals surface area (Å²) in [5, 5.41) is 6.28. The lowest BCUT2D eigenvalue weighted by Crippen LogP contribution is -2.15. The second-order valence-electron chi connectivity index (χ2n) is 5.00. The number of hydrogen-bond acceptors (Lipinski definition) is 3.